The van der Waals surface area contributed by atoms with Gasteiger partial charge in [-0.2, -0.15) is 0 Å². The molecule has 0 N–H and O–H groups in total. The molecular formula is C20H23FN2O. The number of hydrogen-bond donors (Lipinski definition) is 0. The minimum atomic E-state index is -0.203. The van der Waals surface area contributed by atoms with Crippen LogP contribution in [0.15, 0.2) is 48.5 Å². The zero-order valence-electron chi connectivity index (χ0n) is 14.0. The molecule has 0 unspecified atom stereocenters. The fraction of sp³-hybridized carbons (Fsp3) is 0.350. The summed E-state index contributed by atoms with van der Waals surface area (Å²) < 4.78 is 13.0. The number of aryl methyl sites for hydroxylation is 1. The summed E-state index contributed by atoms with van der Waals surface area (Å²) in [5.74, 6) is -0.00709. The molecule has 0 bridgehead atoms. The van der Waals surface area contributed by atoms with Crippen molar-refractivity contribution in [3.63, 3.8) is 0 Å². The van der Waals surface area contributed by atoms with Gasteiger partial charge in [-0.1, -0.05) is 42.0 Å². The lowest BCUT2D eigenvalue weighted by Gasteiger charge is -2.34. The molecule has 3 rings (SSSR count). The first-order chi connectivity index (χ1) is 11.6. The Balaban J connectivity index is 1.49. The molecule has 1 aliphatic heterocycles. The number of nitrogens with zero attached hydrogens (tertiary/aromatic N) is 2. The average Bonchev–Trinajstić information content (AvgIpc) is 2.57. The fourth-order valence-electron chi connectivity index (χ4n) is 3.11. The minimum Gasteiger partial charge on any atom is -0.340 e. The summed E-state index contributed by atoms with van der Waals surface area (Å²) in [6, 6.07) is 14.8. The lowest BCUT2D eigenvalue weighted by Crippen LogP contribution is -2.48. The molecule has 0 radical (unpaired) electrons. The summed E-state index contributed by atoms with van der Waals surface area (Å²) in [6.07, 6.45) is 0.472. The second kappa shape index (κ2) is 7.58. The number of carbonyl (C=O) groups is 1. The predicted molar refractivity (Wildman–Crippen MR) is 93.1 cm³/mol. The number of halogens is 1. The summed E-state index contributed by atoms with van der Waals surface area (Å²) >= 11 is 0. The Morgan fingerprint density at radius 2 is 1.71 bits per heavy atom. The van der Waals surface area contributed by atoms with Crippen molar-refractivity contribution in [1.82, 2.24) is 9.80 Å². The standard InChI is InChI=1S/C20H23FN2O/c1-16-3-2-4-18(13-16)14-20(24)23-11-9-22(10-12-23)15-17-5-7-19(21)8-6-17/h2-8,13H,9-12,14-15H2,1H3. The van der Waals surface area contributed by atoms with Gasteiger partial charge in [0, 0.05) is 32.7 Å². The molecule has 1 aliphatic rings. The summed E-state index contributed by atoms with van der Waals surface area (Å²) in [4.78, 5) is 16.7. The first kappa shape index (κ1) is 16.7. The molecule has 1 amide bonds. The van der Waals surface area contributed by atoms with Crippen molar-refractivity contribution in [2.24, 2.45) is 0 Å². The van der Waals surface area contributed by atoms with Gasteiger partial charge in [0.2, 0.25) is 5.91 Å². The Morgan fingerprint density at radius 1 is 1.00 bits per heavy atom. The highest BCUT2D eigenvalue weighted by Gasteiger charge is 2.21. The molecule has 0 aliphatic carbocycles. The van der Waals surface area contributed by atoms with Crippen LogP contribution in [0.5, 0.6) is 0 Å². The van der Waals surface area contributed by atoms with Crippen molar-refractivity contribution < 1.29 is 9.18 Å². The van der Waals surface area contributed by atoms with E-state index < -0.39 is 0 Å². The molecule has 24 heavy (non-hydrogen) atoms. The highest BCUT2D eigenvalue weighted by atomic mass is 19.1. The Hall–Kier alpha value is -2.20. The van der Waals surface area contributed by atoms with E-state index in [4.69, 9.17) is 0 Å². The van der Waals surface area contributed by atoms with E-state index in [1.54, 1.807) is 0 Å². The number of rotatable bonds is 4. The molecule has 126 valence electrons. The number of amides is 1. The van der Waals surface area contributed by atoms with Crippen LogP contribution in [0.3, 0.4) is 0 Å². The van der Waals surface area contributed by atoms with E-state index in [0.29, 0.717) is 6.42 Å². The van der Waals surface area contributed by atoms with E-state index in [-0.39, 0.29) is 11.7 Å². The molecule has 0 atom stereocenters. The van der Waals surface area contributed by atoms with E-state index in [2.05, 4.69) is 11.0 Å². The van der Waals surface area contributed by atoms with Crippen LogP contribution in [-0.4, -0.2) is 41.9 Å². The monoisotopic (exact) mass is 326 g/mol. The van der Waals surface area contributed by atoms with Crippen molar-refractivity contribution in [2.75, 3.05) is 26.2 Å². The molecule has 3 nitrogen and oxygen atoms in total. The van der Waals surface area contributed by atoms with E-state index in [9.17, 15) is 9.18 Å². The lowest BCUT2D eigenvalue weighted by atomic mass is 10.1. The third-order valence-corrected chi connectivity index (χ3v) is 4.48. The van der Waals surface area contributed by atoms with Gasteiger partial charge < -0.3 is 4.90 Å². The van der Waals surface area contributed by atoms with Crippen LogP contribution in [0.25, 0.3) is 0 Å². The Kier molecular flexibility index (Phi) is 5.26. The van der Waals surface area contributed by atoms with Gasteiger partial charge in [-0.05, 0) is 30.2 Å². The molecule has 0 saturated carbocycles. The van der Waals surface area contributed by atoms with Crippen LogP contribution in [-0.2, 0) is 17.8 Å². The van der Waals surface area contributed by atoms with E-state index in [0.717, 1.165) is 43.9 Å². The number of hydrogen-bond acceptors (Lipinski definition) is 2. The van der Waals surface area contributed by atoms with Crippen LogP contribution in [0.2, 0.25) is 0 Å². The van der Waals surface area contributed by atoms with Gasteiger partial charge in [-0.25, -0.2) is 4.39 Å². The van der Waals surface area contributed by atoms with Crippen LogP contribution in [0.4, 0.5) is 4.39 Å². The maximum Gasteiger partial charge on any atom is 0.227 e. The second-order valence-corrected chi connectivity index (χ2v) is 6.45. The van der Waals surface area contributed by atoms with Gasteiger partial charge in [0.15, 0.2) is 0 Å². The molecule has 4 heteroatoms. The van der Waals surface area contributed by atoms with Crippen LogP contribution >= 0.6 is 0 Å². The number of carbonyl (C=O) groups excluding carboxylic acids is 1. The maximum atomic E-state index is 13.0. The van der Waals surface area contributed by atoms with Gasteiger partial charge in [0.05, 0.1) is 6.42 Å². The molecule has 2 aromatic carbocycles. The van der Waals surface area contributed by atoms with Crippen molar-refractivity contribution in [2.45, 2.75) is 19.9 Å². The van der Waals surface area contributed by atoms with E-state index >= 15 is 0 Å². The maximum absolute atomic E-state index is 13.0. The minimum absolute atomic E-state index is 0.196. The molecule has 0 aromatic heterocycles. The second-order valence-electron chi connectivity index (χ2n) is 6.45. The zero-order valence-corrected chi connectivity index (χ0v) is 14.0. The van der Waals surface area contributed by atoms with E-state index in [1.807, 2.05) is 42.2 Å². The molecule has 1 heterocycles. The summed E-state index contributed by atoms with van der Waals surface area (Å²) in [6.45, 7) is 6.08. The number of benzene rings is 2. The summed E-state index contributed by atoms with van der Waals surface area (Å²) in [5.41, 5.74) is 3.37. The average molecular weight is 326 g/mol. The number of piperazine rings is 1. The van der Waals surface area contributed by atoms with Crippen LogP contribution in [0, 0.1) is 12.7 Å². The van der Waals surface area contributed by atoms with Gasteiger partial charge in [-0.15, -0.1) is 0 Å². The lowest BCUT2D eigenvalue weighted by molar-refractivity contribution is -0.132. The Bertz CT molecular complexity index is 691. The quantitative estimate of drug-likeness (QED) is 0.862. The molecule has 1 saturated heterocycles. The zero-order chi connectivity index (χ0) is 16.9. The SMILES string of the molecule is Cc1cccc(CC(=O)N2CCN(Cc3ccc(F)cc3)CC2)c1. The Morgan fingerprint density at radius 3 is 2.38 bits per heavy atom. The van der Waals surface area contributed by atoms with Crippen molar-refractivity contribution >= 4 is 5.91 Å². The third kappa shape index (κ3) is 4.42. The molecule has 0 spiro atoms. The highest BCUT2D eigenvalue weighted by molar-refractivity contribution is 5.79. The van der Waals surface area contributed by atoms with Crippen LogP contribution in [0.1, 0.15) is 16.7 Å². The normalized spacial score (nSPS) is 15.5. The molecule has 1 fully saturated rings. The molecular weight excluding hydrogens is 303 g/mol. The predicted octanol–water partition coefficient (Wildman–Crippen LogP) is 3.02. The first-order valence-corrected chi connectivity index (χ1v) is 8.40. The van der Waals surface area contributed by atoms with Crippen molar-refractivity contribution in [3.8, 4) is 0 Å². The van der Waals surface area contributed by atoms with Crippen molar-refractivity contribution in [1.29, 1.82) is 0 Å². The summed E-state index contributed by atoms with van der Waals surface area (Å²) in [5, 5.41) is 0. The van der Waals surface area contributed by atoms with Gasteiger partial charge in [0.1, 0.15) is 5.82 Å². The third-order valence-electron chi connectivity index (χ3n) is 4.48. The Labute approximate surface area is 142 Å². The smallest absolute Gasteiger partial charge is 0.227 e. The van der Waals surface area contributed by atoms with E-state index in [1.165, 1.54) is 17.7 Å². The summed E-state index contributed by atoms with van der Waals surface area (Å²) in [7, 11) is 0. The highest BCUT2D eigenvalue weighted by Crippen LogP contribution is 2.12. The topological polar surface area (TPSA) is 23.6 Å². The van der Waals surface area contributed by atoms with Gasteiger partial charge >= 0.3 is 0 Å². The fourth-order valence-corrected chi connectivity index (χ4v) is 3.11. The molecule has 2 aromatic rings. The first-order valence-electron chi connectivity index (χ1n) is 8.40. The van der Waals surface area contributed by atoms with Gasteiger partial charge in [-0.3, -0.25) is 9.69 Å². The van der Waals surface area contributed by atoms with Crippen LogP contribution < -0.4 is 0 Å². The van der Waals surface area contributed by atoms with Crippen molar-refractivity contribution in [3.05, 3.63) is 71.0 Å². The van der Waals surface area contributed by atoms with Gasteiger partial charge in [0.25, 0.3) is 0 Å². The largest absolute Gasteiger partial charge is 0.340 e.